The van der Waals surface area contributed by atoms with Gasteiger partial charge in [0.15, 0.2) is 5.96 Å². The van der Waals surface area contributed by atoms with Gasteiger partial charge < -0.3 is 26.0 Å². The second kappa shape index (κ2) is 11.4. The Balaban J connectivity index is 1.55. The molecule has 144 valence electrons. The van der Waals surface area contributed by atoms with Crippen molar-refractivity contribution in [2.75, 3.05) is 46.4 Å². The highest BCUT2D eigenvalue weighted by Crippen LogP contribution is 2.15. The highest BCUT2D eigenvalue weighted by atomic mass is 16.5. The maximum Gasteiger partial charge on any atom is 0.221 e. The molecule has 0 saturated carbocycles. The van der Waals surface area contributed by atoms with E-state index >= 15 is 0 Å². The van der Waals surface area contributed by atoms with Crippen LogP contribution < -0.4 is 21.1 Å². The first-order valence-corrected chi connectivity index (χ1v) is 9.33. The van der Waals surface area contributed by atoms with Gasteiger partial charge in [-0.05, 0) is 44.5 Å². The number of benzene rings is 1. The van der Waals surface area contributed by atoms with E-state index in [-0.39, 0.29) is 11.8 Å². The molecule has 1 fully saturated rings. The summed E-state index contributed by atoms with van der Waals surface area (Å²) in [4.78, 5) is 17.9. The quantitative estimate of drug-likeness (QED) is 0.344. The summed E-state index contributed by atoms with van der Waals surface area (Å²) in [6, 6.07) is 9.76. The minimum Gasteiger partial charge on any atom is -0.492 e. The third-order valence-electron chi connectivity index (χ3n) is 4.48. The molecule has 0 spiro atoms. The summed E-state index contributed by atoms with van der Waals surface area (Å²) in [6.07, 6.45) is 2.96. The van der Waals surface area contributed by atoms with Crippen LogP contribution in [0.3, 0.4) is 0 Å². The van der Waals surface area contributed by atoms with Crippen LogP contribution in [0.15, 0.2) is 35.3 Å². The van der Waals surface area contributed by atoms with E-state index in [2.05, 4.69) is 20.5 Å². The topological polar surface area (TPSA) is 92.0 Å². The van der Waals surface area contributed by atoms with Crippen LogP contribution in [0.2, 0.25) is 0 Å². The molecule has 26 heavy (non-hydrogen) atoms. The molecule has 1 aliphatic heterocycles. The smallest absolute Gasteiger partial charge is 0.221 e. The monoisotopic (exact) mass is 361 g/mol. The number of hydrogen-bond acceptors (Lipinski definition) is 4. The van der Waals surface area contributed by atoms with Crippen LogP contribution in [0.5, 0.6) is 5.75 Å². The van der Waals surface area contributed by atoms with Crippen molar-refractivity contribution in [2.24, 2.45) is 16.6 Å². The maximum absolute atomic E-state index is 11.3. The van der Waals surface area contributed by atoms with Crippen LogP contribution in [0.1, 0.15) is 19.3 Å². The number of nitrogens with zero attached hydrogens (tertiary/aromatic N) is 2. The van der Waals surface area contributed by atoms with Gasteiger partial charge in [0, 0.05) is 20.1 Å². The first-order chi connectivity index (χ1) is 12.7. The van der Waals surface area contributed by atoms with Gasteiger partial charge in [-0.3, -0.25) is 9.79 Å². The number of ether oxygens (including phenoxy) is 1. The Labute approximate surface area is 156 Å². The molecule has 1 heterocycles. The molecule has 7 nitrogen and oxygen atoms in total. The largest absolute Gasteiger partial charge is 0.492 e. The maximum atomic E-state index is 11.3. The average Bonchev–Trinajstić information content (AvgIpc) is 2.67. The molecule has 4 N–H and O–H groups in total. The summed E-state index contributed by atoms with van der Waals surface area (Å²) < 4.78 is 5.65. The van der Waals surface area contributed by atoms with Gasteiger partial charge in [0.05, 0.1) is 12.5 Å². The number of guanidine groups is 1. The molecule has 2 rings (SSSR count). The number of aliphatic imine (C=N–C) groups is 1. The predicted molar refractivity (Wildman–Crippen MR) is 104 cm³/mol. The standard InChI is InChI=1S/C19H31N5O2/c1-21-19(23-11-14-26-17-8-3-2-4-9-17)22-10-6-13-24-12-5-7-16(15-24)18(20)25/h2-4,8-9,16H,5-7,10-15H2,1H3,(H2,20,25)(H2,21,22,23). The van der Waals surface area contributed by atoms with Crippen molar-refractivity contribution >= 4 is 11.9 Å². The van der Waals surface area contributed by atoms with Crippen molar-refractivity contribution in [3.8, 4) is 5.75 Å². The van der Waals surface area contributed by atoms with Crippen molar-refractivity contribution in [3.05, 3.63) is 30.3 Å². The average molecular weight is 361 g/mol. The lowest BCUT2D eigenvalue weighted by Gasteiger charge is -2.31. The fraction of sp³-hybridized carbons (Fsp3) is 0.579. The second-order valence-electron chi connectivity index (χ2n) is 6.48. The SMILES string of the molecule is CN=C(NCCCN1CCCC(C(N)=O)C1)NCCOc1ccccc1. The van der Waals surface area contributed by atoms with Crippen LogP contribution in [-0.2, 0) is 4.79 Å². The van der Waals surface area contributed by atoms with E-state index in [0.29, 0.717) is 13.2 Å². The van der Waals surface area contributed by atoms with Crippen LogP contribution in [0.25, 0.3) is 0 Å². The molecule has 1 aliphatic rings. The lowest BCUT2D eigenvalue weighted by molar-refractivity contribution is -0.123. The molecule has 1 unspecified atom stereocenters. The minimum absolute atomic E-state index is 0.00996. The molecule has 1 saturated heterocycles. The number of nitrogens with two attached hydrogens (primary N) is 1. The molecular weight excluding hydrogens is 330 g/mol. The van der Waals surface area contributed by atoms with E-state index in [4.69, 9.17) is 10.5 Å². The Bertz CT molecular complexity index is 564. The first-order valence-electron chi connectivity index (χ1n) is 9.33. The van der Waals surface area contributed by atoms with Gasteiger partial charge >= 0.3 is 0 Å². The summed E-state index contributed by atoms with van der Waals surface area (Å²) in [5.41, 5.74) is 5.42. The zero-order valence-electron chi connectivity index (χ0n) is 15.6. The van der Waals surface area contributed by atoms with Gasteiger partial charge in [-0.2, -0.15) is 0 Å². The van der Waals surface area contributed by atoms with E-state index in [9.17, 15) is 4.79 Å². The Kier molecular flexibility index (Phi) is 8.75. The third-order valence-corrected chi connectivity index (χ3v) is 4.48. The van der Waals surface area contributed by atoms with Gasteiger partial charge in [-0.15, -0.1) is 0 Å². The van der Waals surface area contributed by atoms with Crippen molar-refractivity contribution in [1.29, 1.82) is 0 Å². The Morgan fingerprint density at radius 1 is 1.31 bits per heavy atom. The van der Waals surface area contributed by atoms with Gasteiger partial charge in [-0.1, -0.05) is 18.2 Å². The molecule has 0 aliphatic carbocycles. The molecule has 0 bridgehead atoms. The van der Waals surface area contributed by atoms with Crippen molar-refractivity contribution < 1.29 is 9.53 Å². The van der Waals surface area contributed by atoms with E-state index in [1.807, 2.05) is 30.3 Å². The summed E-state index contributed by atoms with van der Waals surface area (Å²) in [7, 11) is 1.76. The predicted octanol–water partition coefficient (Wildman–Crippen LogP) is 0.818. The number of likely N-dealkylation sites (tertiary alicyclic amines) is 1. The molecule has 0 aromatic heterocycles. The van der Waals surface area contributed by atoms with Crippen LogP contribution in [0, 0.1) is 5.92 Å². The van der Waals surface area contributed by atoms with E-state index in [1.54, 1.807) is 7.05 Å². The zero-order chi connectivity index (χ0) is 18.6. The Morgan fingerprint density at radius 3 is 2.81 bits per heavy atom. The Hall–Kier alpha value is -2.28. The van der Waals surface area contributed by atoms with E-state index < -0.39 is 0 Å². The fourth-order valence-electron chi connectivity index (χ4n) is 3.08. The zero-order valence-corrected chi connectivity index (χ0v) is 15.6. The van der Waals surface area contributed by atoms with E-state index in [1.165, 1.54) is 0 Å². The van der Waals surface area contributed by atoms with E-state index in [0.717, 1.165) is 57.2 Å². The fourth-order valence-corrected chi connectivity index (χ4v) is 3.08. The molecule has 1 aromatic carbocycles. The number of carbonyl (C=O) groups is 1. The van der Waals surface area contributed by atoms with Crippen LogP contribution in [0.4, 0.5) is 0 Å². The molecule has 1 aromatic rings. The number of para-hydroxylation sites is 1. The van der Waals surface area contributed by atoms with Gasteiger partial charge in [0.25, 0.3) is 0 Å². The summed E-state index contributed by atoms with van der Waals surface area (Å²) >= 11 is 0. The summed E-state index contributed by atoms with van der Waals surface area (Å²) in [5.74, 6) is 1.48. The van der Waals surface area contributed by atoms with Crippen molar-refractivity contribution in [3.63, 3.8) is 0 Å². The lowest BCUT2D eigenvalue weighted by atomic mass is 9.97. The minimum atomic E-state index is -0.171. The normalized spacial score (nSPS) is 18.3. The number of rotatable bonds is 9. The van der Waals surface area contributed by atoms with Crippen molar-refractivity contribution in [2.45, 2.75) is 19.3 Å². The summed E-state index contributed by atoms with van der Waals surface area (Å²) in [6.45, 7) is 4.89. The highest BCUT2D eigenvalue weighted by Gasteiger charge is 2.23. The van der Waals surface area contributed by atoms with Gasteiger partial charge in [-0.25, -0.2) is 0 Å². The Morgan fingerprint density at radius 2 is 2.08 bits per heavy atom. The molecule has 1 atom stereocenters. The number of nitrogens with one attached hydrogen (secondary N) is 2. The molecule has 7 heteroatoms. The number of primary amides is 1. The number of piperidine rings is 1. The van der Waals surface area contributed by atoms with Crippen LogP contribution >= 0.6 is 0 Å². The van der Waals surface area contributed by atoms with Crippen LogP contribution in [-0.4, -0.2) is 63.1 Å². The van der Waals surface area contributed by atoms with Gasteiger partial charge in [0.2, 0.25) is 5.91 Å². The number of carbonyl (C=O) groups excluding carboxylic acids is 1. The third kappa shape index (κ3) is 7.31. The highest BCUT2D eigenvalue weighted by molar-refractivity contribution is 5.79. The molecule has 0 radical (unpaired) electrons. The number of amides is 1. The second-order valence-corrected chi connectivity index (χ2v) is 6.48. The molecular formula is C19H31N5O2. The first kappa shape index (κ1) is 20.0. The molecule has 1 amide bonds. The lowest BCUT2D eigenvalue weighted by Crippen LogP contribution is -2.43. The summed E-state index contributed by atoms with van der Waals surface area (Å²) in [5, 5.41) is 6.55. The number of hydrogen-bond donors (Lipinski definition) is 3. The van der Waals surface area contributed by atoms with Gasteiger partial charge in [0.1, 0.15) is 12.4 Å². The van der Waals surface area contributed by atoms with Crippen molar-refractivity contribution in [1.82, 2.24) is 15.5 Å².